The molecule has 0 aromatic carbocycles. The monoisotopic (exact) mass is 427 g/mol. The number of aromatic nitrogens is 2. The van der Waals surface area contributed by atoms with E-state index in [9.17, 15) is 4.79 Å². The quantitative estimate of drug-likeness (QED) is 0.685. The molecule has 2 fully saturated rings. The van der Waals surface area contributed by atoms with Gasteiger partial charge in [-0.1, -0.05) is 19.3 Å². The van der Waals surface area contributed by atoms with E-state index in [0.29, 0.717) is 6.42 Å². The molecule has 1 saturated heterocycles. The zero-order valence-electron chi connectivity index (χ0n) is 18.0. The Labute approximate surface area is 183 Å². The van der Waals surface area contributed by atoms with E-state index < -0.39 is 0 Å². The van der Waals surface area contributed by atoms with Gasteiger partial charge < -0.3 is 10.2 Å². The number of thioether (sulfide) groups is 1. The van der Waals surface area contributed by atoms with Gasteiger partial charge in [-0.25, -0.2) is 4.98 Å². The van der Waals surface area contributed by atoms with Gasteiger partial charge >= 0.3 is 0 Å². The molecule has 0 bridgehead atoms. The Hall–Kier alpha value is -1.70. The van der Waals surface area contributed by atoms with E-state index in [0.717, 1.165) is 54.4 Å². The molecule has 0 unspecified atom stereocenters. The van der Waals surface area contributed by atoms with Gasteiger partial charge in [0.15, 0.2) is 0 Å². The van der Waals surface area contributed by atoms with E-state index >= 15 is 0 Å². The number of fused-ring (bicyclic) bond motifs is 1. The maximum atomic E-state index is 12.6. The van der Waals surface area contributed by atoms with Crippen LogP contribution >= 0.6 is 11.8 Å². The zero-order valence-corrected chi connectivity index (χ0v) is 18.8. The van der Waals surface area contributed by atoms with Crippen LogP contribution in [0.3, 0.4) is 0 Å². The highest BCUT2D eigenvalue weighted by atomic mass is 32.2. The molecular formula is C23H33N5OS. The van der Waals surface area contributed by atoms with Crippen molar-refractivity contribution in [1.29, 1.82) is 0 Å². The molecule has 2 aliphatic rings. The molecule has 0 spiro atoms. The normalized spacial score (nSPS) is 20.3. The molecule has 6 nitrogen and oxygen atoms in total. The number of piperazine rings is 1. The second kappa shape index (κ2) is 10.1. The number of rotatable bonds is 7. The van der Waals surface area contributed by atoms with Gasteiger partial charge in [0.2, 0.25) is 5.91 Å². The predicted molar refractivity (Wildman–Crippen MR) is 123 cm³/mol. The number of pyridine rings is 2. The van der Waals surface area contributed by atoms with Crippen molar-refractivity contribution in [1.82, 2.24) is 25.1 Å². The highest BCUT2D eigenvalue weighted by molar-refractivity contribution is 7.99. The van der Waals surface area contributed by atoms with Gasteiger partial charge in [0.05, 0.1) is 5.52 Å². The number of nitrogens with zero attached hydrogens (tertiary/aromatic N) is 4. The van der Waals surface area contributed by atoms with Gasteiger partial charge in [-0.15, -0.1) is 11.8 Å². The molecule has 7 heteroatoms. The lowest BCUT2D eigenvalue weighted by Crippen LogP contribution is -2.61. The Kier molecular flexibility index (Phi) is 7.23. The molecule has 0 atom stereocenters. The standard InChI is InChI=1S/C23H33N5OS/c1-27-13-15-28(16-14-27)23(9-3-2-4-10-23)18-26-21(29)8-17-30-22-19-6-5-11-24-20(19)7-12-25-22/h5-7,11-12H,2-4,8-10,13-18H2,1H3,(H,26,29). The van der Waals surface area contributed by atoms with E-state index in [1.807, 2.05) is 18.2 Å². The fourth-order valence-corrected chi connectivity index (χ4v) is 5.72. The van der Waals surface area contributed by atoms with Crippen LogP contribution in [0.25, 0.3) is 10.9 Å². The number of hydrogen-bond acceptors (Lipinski definition) is 6. The Bertz CT molecular complexity index is 841. The van der Waals surface area contributed by atoms with Gasteiger partial charge in [-0.2, -0.15) is 0 Å². The number of carbonyl (C=O) groups excluding carboxylic acids is 1. The summed E-state index contributed by atoms with van der Waals surface area (Å²) in [6.07, 6.45) is 10.4. The van der Waals surface area contributed by atoms with Crippen LogP contribution in [-0.2, 0) is 4.79 Å². The van der Waals surface area contributed by atoms with Gasteiger partial charge in [-0.3, -0.25) is 14.7 Å². The van der Waals surface area contributed by atoms with Crippen LogP contribution in [0, 0.1) is 0 Å². The van der Waals surface area contributed by atoms with Crippen molar-refractivity contribution in [2.45, 2.75) is 49.1 Å². The van der Waals surface area contributed by atoms with Crippen LogP contribution in [0.1, 0.15) is 38.5 Å². The maximum absolute atomic E-state index is 12.6. The first-order valence-corrected chi connectivity index (χ1v) is 12.2. The largest absolute Gasteiger partial charge is 0.354 e. The van der Waals surface area contributed by atoms with Crippen LogP contribution in [0.5, 0.6) is 0 Å². The van der Waals surface area contributed by atoms with E-state index in [2.05, 4.69) is 32.1 Å². The number of likely N-dealkylation sites (N-methyl/N-ethyl adjacent to an activating group) is 1. The van der Waals surface area contributed by atoms with Crippen LogP contribution in [0.15, 0.2) is 35.6 Å². The third kappa shape index (κ3) is 5.13. The Morgan fingerprint density at radius 3 is 2.70 bits per heavy atom. The van der Waals surface area contributed by atoms with Crippen LogP contribution in [0.2, 0.25) is 0 Å². The summed E-state index contributed by atoms with van der Waals surface area (Å²) in [5.41, 5.74) is 1.11. The summed E-state index contributed by atoms with van der Waals surface area (Å²) in [6, 6.07) is 5.90. The van der Waals surface area contributed by atoms with E-state index in [-0.39, 0.29) is 11.4 Å². The van der Waals surface area contributed by atoms with Crippen LogP contribution < -0.4 is 5.32 Å². The lowest BCUT2D eigenvalue weighted by Gasteiger charge is -2.49. The van der Waals surface area contributed by atoms with Crippen molar-refractivity contribution in [2.24, 2.45) is 0 Å². The summed E-state index contributed by atoms with van der Waals surface area (Å²) >= 11 is 1.64. The highest BCUT2D eigenvalue weighted by Gasteiger charge is 2.39. The zero-order chi connectivity index (χ0) is 20.8. The van der Waals surface area contributed by atoms with E-state index in [1.54, 1.807) is 24.2 Å². The second-order valence-electron chi connectivity index (χ2n) is 8.64. The van der Waals surface area contributed by atoms with Crippen molar-refractivity contribution < 1.29 is 4.79 Å². The SMILES string of the molecule is CN1CCN(C2(CNC(=O)CCSc3nccc4ncccc34)CCCCC2)CC1. The number of nitrogens with one attached hydrogen (secondary N) is 1. The minimum absolute atomic E-state index is 0.153. The molecule has 2 aromatic heterocycles. The Morgan fingerprint density at radius 1 is 1.10 bits per heavy atom. The van der Waals surface area contributed by atoms with Gasteiger partial charge in [-0.05, 0) is 38.1 Å². The molecule has 1 aliphatic heterocycles. The summed E-state index contributed by atoms with van der Waals surface area (Å²) in [5, 5.41) is 5.30. The molecule has 1 amide bonds. The first kappa shape index (κ1) is 21.5. The molecule has 3 heterocycles. The molecule has 0 radical (unpaired) electrons. The lowest BCUT2D eigenvalue weighted by atomic mass is 9.79. The summed E-state index contributed by atoms with van der Waals surface area (Å²) in [4.78, 5) is 26.6. The summed E-state index contributed by atoms with van der Waals surface area (Å²) in [7, 11) is 2.20. The van der Waals surface area contributed by atoms with Gasteiger partial charge in [0.1, 0.15) is 5.03 Å². The maximum Gasteiger partial charge on any atom is 0.220 e. The fourth-order valence-electron chi connectivity index (χ4n) is 4.78. The van der Waals surface area contributed by atoms with Crippen LogP contribution in [0.4, 0.5) is 0 Å². The molecule has 162 valence electrons. The van der Waals surface area contributed by atoms with Crippen molar-refractivity contribution >= 4 is 28.6 Å². The van der Waals surface area contributed by atoms with Crippen molar-refractivity contribution in [3.8, 4) is 0 Å². The van der Waals surface area contributed by atoms with E-state index in [4.69, 9.17) is 0 Å². The molecule has 1 N–H and O–H groups in total. The van der Waals surface area contributed by atoms with Gasteiger partial charge in [0, 0.05) is 68.2 Å². The number of carbonyl (C=O) groups is 1. The lowest BCUT2D eigenvalue weighted by molar-refractivity contribution is -0.121. The summed E-state index contributed by atoms with van der Waals surface area (Å²) in [5.74, 6) is 0.883. The molecule has 4 rings (SSSR count). The third-order valence-electron chi connectivity index (χ3n) is 6.63. The average Bonchev–Trinajstić information content (AvgIpc) is 2.79. The Balaban J connectivity index is 1.29. The summed E-state index contributed by atoms with van der Waals surface area (Å²) < 4.78 is 0. The predicted octanol–water partition coefficient (Wildman–Crippen LogP) is 3.18. The molecule has 30 heavy (non-hydrogen) atoms. The van der Waals surface area contributed by atoms with Crippen molar-refractivity contribution in [3.05, 3.63) is 30.6 Å². The molecule has 2 aromatic rings. The first-order valence-electron chi connectivity index (χ1n) is 11.2. The number of hydrogen-bond donors (Lipinski definition) is 1. The molecular weight excluding hydrogens is 394 g/mol. The Morgan fingerprint density at radius 2 is 1.90 bits per heavy atom. The van der Waals surface area contributed by atoms with Crippen molar-refractivity contribution in [3.63, 3.8) is 0 Å². The van der Waals surface area contributed by atoms with E-state index in [1.165, 1.54) is 32.1 Å². The minimum atomic E-state index is 0.153. The van der Waals surface area contributed by atoms with Gasteiger partial charge in [0.25, 0.3) is 0 Å². The fraction of sp³-hybridized carbons (Fsp3) is 0.609. The molecule has 1 saturated carbocycles. The molecule has 1 aliphatic carbocycles. The third-order valence-corrected chi connectivity index (χ3v) is 7.64. The second-order valence-corrected chi connectivity index (χ2v) is 9.72. The number of amides is 1. The smallest absolute Gasteiger partial charge is 0.220 e. The van der Waals surface area contributed by atoms with Crippen molar-refractivity contribution in [2.75, 3.05) is 45.5 Å². The topological polar surface area (TPSA) is 61.4 Å². The average molecular weight is 428 g/mol. The first-order chi connectivity index (χ1) is 14.7. The highest BCUT2D eigenvalue weighted by Crippen LogP contribution is 2.34. The minimum Gasteiger partial charge on any atom is -0.354 e. The van der Waals surface area contributed by atoms with Crippen LogP contribution in [-0.4, -0.2) is 76.7 Å². The summed E-state index contributed by atoms with van der Waals surface area (Å²) in [6.45, 7) is 5.27.